The molecule has 1 aromatic carbocycles. The molecule has 8 nitrogen and oxygen atoms in total. The molecule has 0 unspecified atom stereocenters. The third-order valence-electron chi connectivity index (χ3n) is 4.88. The maximum Gasteiger partial charge on any atom is 0.258 e. The molecule has 3 aromatic heterocycles. The van der Waals surface area contributed by atoms with E-state index >= 15 is 0 Å². The van der Waals surface area contributed by atoms with Gasteiger partial charge in [-0.25, -0.2) is 4.98 Å². The molecule has 0 amide bonds. The minimum absolute atomic E-state index is 0.0639. The molecule has 5 rings (SSSR count). The number of fused-ring (bicyclic) bond motifs is 1. The summed E-state index contributed by atoms with van der Waals surface area (Å²) < 4.78 is 9.14. The van der Waals surface area contributed by atoms with Gasteiger partial charge in [0, 0.05) is 36.5 Å². The Hall–Kier alpha value is -2.69. The lowest BCUT2D eigenvalue weighted by Crippen LogP contribution is -2.37. The Kier molecular flexibility index (Phi) is 5.28. The summed E-state index contributed by atoms with van der Waals surface area (Å²) in [5.74, 6) is 1.35. The molecular weight excluding hydrogens is 420 g/mol. The van der Waals surface area contributed by atoms with Crippen molar-refractivity contribution in [3.63, 3.8) is 0 Å². The van der Waals surface area contributed by atoms with Crippen LogP contribution in [0.15, 0.2) is 51.9 Å². The van der Waals surface area contributed by atoms with Crippen molar-refractivity contribution in [3.05, 3.63) is 63.5 Å². The van der Waals surface area contributed by atoms with Crippen LogP contribution in [0.3, 0.4) is 0 Å². The molecule has 154 valence electrons. The Labute approximate surface area is 181 Å². The van der Waals surface area contributed by atoms with Gasteiger partial charge in [-0.05, 0) is 24.6 Å². The second-order valence-electron chi connectivity index (χ2n) is 6.99. The first kappa shape index (κ1) is 19.3. The third-order valence-corrected chi connectivity index (χ3v) is 6.59. The lowest BCUT2D eigenvalue weighted by atomic mass is 10.2. The lowest BCUT2D eigenvalue weighted by molar-refractivity contribution is 0.122. The first-order chi connectivity index (χ1) is 14.7. The molecule has 1 saturated heterocycles. The Morgan fingerprint density at radius 3 is 2.90 bits per heavy atom. The van der Waals surface area contributed by atoms with E-state index in [-0.39, 0.29) is 5.56 Å². The molecule has 1 fully saturated rings. The summed E-state index contributed by atoms with van der Waals surface area (Å²) in [6.07, 6.45) is 1.75. The Morgan fingerprint density at radius 1 is 1.20 bits per heavy atom. The minimum Gasteiger partial charge on any atom is -0.378 e. The fourth-order valence-electron chi connectivity index (χ4n) is 3.42. The van der Waals surface area contributed by atoms with E-state index in [2.05, 4.69) is 49.8 Å². The van der Waals surface area contributed by atoms with E-state index in [1.165, 1.54) is 28.7 Å². The molecule has 4 aromatic rings. The summed E-state index contributed by atoms with van der Waals surface area (Å²) in [5, 5.41) is 11.6. The molecule has 0 saturated carbocycles. The zero-order chi connectivity index (χ0) is 20.5. The topological polar surface area (TPSA) is 77.5 Å². The van der Waals surface area contributed by atoms with Crippen molar-refractivity contribution in [1.82, 2.24) is 24.1 Å². The number of thiazole rings is 1. The average Bonchev–Trinajstić information content (AvgIpc) is 3.40. The normalized spacial score (nSPS) is 14.5. The summed E-state index contributed by atoms with van der Waals surface area (Å²) in [7, 11) is 0. The summed E-state index contributed by atoms with van der Waals surface area (Å²) in [6, 6.07) is 9.88. The van der Waals surface area contributed by atoms with Gasteiger partial charge in [0.15, 0.2) is 10.1 Å². The second kappa shape index (κ2) is 8.21. The smallest absolute Gasteiger partial charge is 0.258 e. The Bertz CT molecular complexity index is 1240. The van der Waals surface area contributed by atoms with E-state index in [9.17, 15) is 4.79 Å². The molecular formula is C20H20N6O2S2. The van der Waals surface area contributed by atoms with Crippen LogP contribution in [-0.4, -0.2) is 50.5 Å². The van der Waals surface area contributed by atoms with Gasteiger partial charge in [-0.15, -0.1) is 21.5 Å². The number of hydrogen-bond donors (Lipinski definition) is 0. The number of nitrogens with zero attached hydrogens (tertiary/aromatic N) is 6. The number of aryl methyl sites for hydroxylation is 1. The SMILES string of the molecule is Cc1cccc(-n2c(SCc3cc(=O)n4ccsc4n3)nnc2N2CCOCC2)c1. The van der Waals surface area contributed by atoms with Crippen LogP contribution in [0.4, 0.5) is 5.95 Å². The van der Waals surface area contributed by atoms with Gasteiger partial charge >= 0.3 is 0 Å². The van der Waals surface area contributed by atoms with Crippen molar-refractivity contribution in [1.29, 1.82) is 0 Å². The van der Waals surface area contributed by atoms with Crippen molar-refractivity contribution in [3.8, 4) is 5.69 Å². The van der Waals surface area contributed by atoms with Crippen molar-refractivity contribution >= 4 is 34.0 Å². The van der Waals surface area contributed by atoms with Crippen molar-refractivity contribution in [2.24, 2.45) is 0 Å². The predicted octanol–water partition coefficient (Wildman–Crippen LogP) is 2.77. The first-order valence-electron chi connectivity index (χ1n) is 9.63. The summed E-state index contributed by atoms with van der Waals surface area (Å²) in [5.41, 5.74) is 2.86. The number of anilines is 1. The Balaban J connectivity index is 1.49. The minimum atomic E-state index is -0.0639. The molecule has 0 radical (unpaired) electrons. The number of benzene rings is 1. The van der Waals surface area contributed by atoms with Gasteiger partial charge in [-0.2, -0.15) is 0 Å². The van der Waals surface area contributed by atoms with Crippen LogP contribution >= 0.6 is 23.1 Å². The number of thioether (sulfide) groups is 1. The lowest BCUT2D eigenvalue weighted by Gasteiger charge is -2.28. The van der Waals surface area contributed by atoms with Gasteiger partial charge in [0.2, 0.25) is 5.95 Å². The number of rotatable bonds is 5. The summed E-state index contributed by atoms with van der Waals surface area (Å²) in [4.78, 5) is 19.8. The van der Waals surface area contributed by atoms with Crippen LogP contribution in [0.1, 0.15) is 11.3 Å². The van der Waals surface area contributed by atoms with Crippen LogP contribution < -0.4 is 10.5 Å². The number of hydrogen-bond acceptors (Lipinski definition) is 8. The highest BCUT2D eigenvalue weighted by atomic mass is 32.2. The number of morpholine rings is 1. The molecule has 0 bridgehead atoms. The third kappa shape index (κ3) is 3.73. The molecule has 0 aliphatic carbocycles. The predicted molar refractivity (Wildman–Crippen MR) is 118 cm³/mol. The zero-order valence-corrected chi connectivity index (χ0v) is 18.0. The van der Waals surface area contributed by atoms with Crippen molar-refractivity contribution in [2.75, 3.05) is 31.2 Å². The molecule has 4 heterocycles. The van der Waals surface area contributed by atoms with Gasteiger partial charge in [0.1, 0.15) is 0 Å². The van der Waals surface area contributed by atoms with E-state index in [0.717, 1.165) is 35.6 Å². The molecule has 0 spiro atoms. The van der Waals surface area contributed by atoms with E-state index in [1.807, 2.05) is 11.4 Å². The van der Waals surface area contributed by atoms with Crippen LogP contribution in [0.5, 0.6) is 0 Å². The second-order valence-corrected chi connectivity index (χ2v) is 8.80. The van der Waals surface area contributed by atoms with Gasteiger partial charge in [0.25, 0.3) is 5.56 Å². The molecule has 1 aliphatic heterocycles. The van der Waals surface area contributed by atoms with Crippen LogP contribution in [0.25, 0.3) is 10.6 Å². The monoisotopic (exact) mass is 440 g/mol. The van der Waals surface area contributed by atoms with Crippen LogP contribution in [0, 0.1) is 6.92 Å². The standard InChI is InChI=1S/C20H20N6O2S2/c1-14-3-2-4-16(11-14)26-18(24-5-8-28-9-6-24)22-23-20(26)30-13-15-12-17(27)25-7-10-29-19(25)21-15/h2-4,7,10-12H,5-6,8-9,13H2,1H3. The molecule has 0 N–H and O–H groups in total. The summed E-state index contributed by atoms with van der Waals surface area (Å²) >= 11 is 2.98. The highest BCUT2D eigenvalue weighted by Crippen LogP contribution is 2.29. The zero-order valence-electron chi connectivity index (χ0n) is 16.4. The van der Waals surface area contributed by atoms with Crippen molar-refractivity contribution < 1.29 is 4.74 Å². The first-order valence-corrected chi connectivity index (χ1v) is 11.5. The van der Waals surface area contributed by atoms with E-state index < -0.39 is 0 Å². The molecule has 0 atom stereocenters. The van der Waals surface area contributed by atoms with Crippen molar-refractivity contribution in [2.45, 2.75) is 17.8 Å². The van der Waals surface area contributed by atoms with E-state index in [0.29, 0.717) is 23.9 Å². The fourth-order valence-corrected chi connectivity index (χ4v) is 5.00. The van der Waals surface area contributed by atoms with Gasteiger partial charge in [-0.3, -0.25) is 13.8 Å². The highest BCUT2D eigenvalue weighted by molar-refractivity contribution is 7.98. The maximum absolute atomic E-state index is 12.3. The van der Waals surface area contributed by atoms with E-state index in [4.69, 9.17) is 4.74 Å². The van der Waals surface area contributed by atoms with E-state index in [1.54, 1.807) is 16.7 Å². The molecule has 10 heteroatoms. The maximum atomic E-state index is 12.3. The van der Waals surface area contributed by atoms with Crippen LogP contribution in [0.2, 0.25) is 0 Å². The fraction of sp³-hybridized carbons (Fsp3) is 0.300. The number of aromatic nitrogens is 5. The van der Waals surface area contributed by atoms with Gasteiger partial charge < -0.3 is 9.64 Å². The van der Waals surface area contributed by atoms with Gasteiger partial charge in [0.05, 0.1) is 24.6 Å². The average molecular weight is 441 g/mol. The molecule has 30 heavy (non-hydrogen) atoms. The quantitative estimate of drug-likeness (QED) is 0.442. The summed E-state index contributed by atoms with van der Waals surface area (Å²) in [6.45, 7) is 4.99. The highest BCUT2D eigenvalue weighted by Gasteiger charge is 2.22. The Morgan fingerprint density at radius 2 is 2.07 bits per heavy atom. The number of ether oxygens (including phenoxy) is 1. The largest absolute Gasteiger partial charge is 0.378 e. The van der Waals surface area contributed by atoms with Crippen LogP contribution in [-0.2, 0) is 10.5 Å². The molecule has 1 aliphatic rings. The van der Waals surface area contributed by atoms with Gasteiger partial charge in [-0.1, -0.05) is 23.9 Å².